The van der Waals surface area contributed by atoms with Crippen molar-refractivity contribution >= 4 is 16.0 Å². The zero-order chi connectivity index (χ0) is 16.9. The molecule has 2 rings (SSSR count). The Morgan fingerprint density at radius 2 is 1.74 bits per heavy atom. The van der Waals surface area contributed by atoms with Crippen LogP contribution in [0.5, 0.6) is 0 Å². The van der Waals surface area contributed by atoms with E-state index in [1.165, 1.54) is 24.3 Å². The molecule has 0 unspecified atom stereocenters. The molecule has 1 aliphatic rings. The molecule has 0 amide bonds. The van der Waals surface area contributed by atoms with Crippen LogP contribution in [0.3, 0.4) is 0 Å². The van der Waals surface area contributed by atoms with Gasteiger partial charge >= 0.3 is 5.97 Å². The zero-order valence-corrected chi connectivity index (χ0v) is 13.7. The second-order valence-electron chi connectivity index (χ2n) is 6.05. The van der Waals surface area contributed by atoms with Crippen LogP contribution in [0, 0.1) is 11.7 Å². The van der Waals surface area contributed by atoms with Crippen molar-refractivity contribution in [3.63, 3.8) is 0 Å². The van der Waals surface area contributed by atoms with Crippen LogP contribution >= 0.6 is 0 Å². The van der Waals surface area contributed by atoms with Crippen LogP contribution < -0.4 is 4.72 Å². The first-order chi connectivity index (χ1) is 10.9. The third-order valence-corrected chi connectivity index (χ3v) is 5.56. The maximum atomic E-state index is 12.9. The molecule has 128 valence electrons. The van der Waals surface area contributed by atoms with E-state index in [1.807, 2.05) is 0 Å². The lowest BCUT2D eigenvalue weighted by Gasteiger charge is -2.27. The Hall–Kier alpha value is -1.47. The highest BCUT2D eigenvalue weighted by molar-refractivity contribution is 7.88. The normalized spacial score (nSPS) is 23.0. The Morgan fingerprint density at radius 1 is 1.13 bits per heavy atom. The predicted molar refractivity (Wildman–Crippen MR) is 84.8 cm³/mol. The van der Waals surface area contributed by atoms with Crippen LogP contribution in [0.1, 0.15) is 44.1 Å². The number of nitrogens with one attached hydrogen (secondary N) is 1. The van der Waals surface area contributed by atoms with Crippen molar-refractivity contribution in [2.75, 3.05) is 0 Å². The minimum absolute atomic E-state index is 0.282. The molecule has 7 heteroatoms. The molecule has 1 aromatic carbocycles. The molecular formula is C16H22FNO4S. The third-order valence-electron chi connectivity index (χ3n) is 4.18. The van der Waals surface area contributed by atoms with Crippen molar-refractivity contribution in [1.82, 2.24) is 4.72 Å². The molecule has 0 saturated heterocycles. The van der Waals surface area contributed by atoms with Gasteiger partial charge in [0.15, 0.2) is 0 Å². The summed E-state index contributed by atoms with van der Waals surface area (Å²) in [5, 5.41) is 9.37. The van der Waals surface area contributed by atoms with Crippen LogP contribution in [-0.2, 0) is 20.6 Å². The predicted octanol–water partition coefficient (Wildman–Crippen LogP) is 2.67. The SMILES string of the molecule is O=C(O)[C@@H]1CCCCCC[C@@H]1NS(=O)(=O)Cc1ccc(F)cc1. The van der Waals surface area contributed by atoms with Gasteiger partial charge in [0, 0.05) is 6.04 Å². The van der Waals surface area contributed by atoms with Gasteiger partial charge in [0.1, 0.15) is 5.82 Å². The molecule has 2 atom stereocenters. The van der Waals surface area contributed by atoms with Gasteiger partial charge < -0.3 is 5.11 Å². The van der Waals surface area contributed by atoms with Crippen molar-refractivity contribution < 1.29 is 22.7 Å². The highest BCUT2D eigenvalue weighted by Crippen LogP contribution is 2.24. The molecule has 0 aliphatic heterocycles. The molecule has 0 heterocycles. The highest BCUT2D eigenvalue weighted by atomic mass is 32.2. The van der Waals surface area contributed by atoms with E-state index in [1.54, 1.807) is 0 Å². The summed E-state index contributed by atoms with van der Waals surface area (Å²) in [6.07, 6.45) is 4.60. The number of carboxylic acid groups (broad SMARTS) is 1. The summed E-state index contributed by atoms with van der Waals surface area (Å²) in [7, 11) is -3.68. The minimum Gasteiger partial charge on any atom is -0.481 e. The monoisotopic (exact) mass is 343 g/mol. The van der Waals surface area contributed by atoms with Crippen LogP contribution in [0.25, 0.3) is 0 Å². The Labute approximate surface area is 136 Å². The Kier molecular flexibility index (Phi) is 6.12. The van der Waals surface area contributed by atoms with Crippen LogP contribution in [0.2, 0.25) is 0 Å². The average molecular weight is 343 g/mol. The fourth-order valence-electron chi connectivity index (χ4n) is 2.99. The van der Waals surface area contributed by atoms with Gasteiger partial charge in [-0.15, -0.1) is 0 Å². The Morgan fingerprint density at radius 3 is 2.35 bits per heavy atom. The first kappa shape index (κ1) is 17.9. The molecule has 0 bridgehead atoms. The summed E-state index contributed by atoms with van der Waals surface area (Å²) >= 11 is 0. The maximum Gasteiger partial charge on any atom is 0.308 e. The number of rotatable bonds is 5. The average Bonchev–Trinajstić information content (AvgIpc) is 2.44. The number of hydrogen-bond donors (Lipinski definition) is 2. The minimum atomic E-state index is -3.68. The van der Waals surface area contributed by atoms with E-state index in [-0.39, 0.29) is 5.75 Å². The van der Waals surface area contributed by atoms with Gasteiger partial charge in [0.2, 0.25) is 10.0 Å². The van der Waals surface area contributed by atoms with E-state index >= 15 is 0 Å². The van der Waals surface area contributed by atoms with E-state index in [0.29, 0.717) is 18.4 Å². The van der Waals surface area contributed by atoms with E-state index in [9.17, 15) is 22.7 Å². The lowest BCUT2D eigenvalue weighted by molar-refractivity contribution is -0.143. The number of halogens is 1. The quantitative estimate of drug-likeness (QED) is 0.861. The molecule has 0 spiro atoms. The second-order valence-corrected chi connectivity index (χ2v) is 7.80. The smallest absolute Gasteiger partial charge is 0.308 e. The lowest BCUT2D eigenvalue weighted by atomic mass is 9.87. The molecule has 2 N–H and O–H groups in total. The number of benzene rings is 1. The number of aliphatic carboxylic acids is 1. The topological polar surface area (TPSA) is 83.5 Å². The fourth-order valence-corrected chi connectivity index (χ4v) is 4.45. The van der Waals surface area contributed by atoms with Gasteiger partial charge in [0.05, 0.1) is 11.7 Å². The number of carbonyl (C=O) groups is 1. The third kappa shape index (κ3) is 5.58. The lowest BCUT2D eigenvalue weighted by Crippen LogP contribution is -2.44. The summed E-state index contributed by atoms with van der Waals surface area (Å²) in [4.78, 5) is 11.4. The van der Waals surface area contributed by atoms with Gasteiger partial charge in [-0.2, -0.15) is 0 Å². The number of carboxylic acids is 1. The van der Waals surface area contributed by atoms with Crippen molar-refractivity contribution in [3.8, 4) is 0 Å². The molecular weight excluding hydrogens is 321 g/mol. The first-order valence-electron chi connectivity index (χ1n) is 7.84. The summed E-state index contributed by atoms with van der Waals surface area (Å²) in [6, 6.07) is 4.67. The van der Waals surface area contributed by atoms with Gasteiger partial charge in [-0.1, -0.05) is 37.8 Å². The molecule has 0 radical (unpaired) electrons. The number of sulfonamides is 1. The molecule has 1 aliphatic carbocycles. The maximum absolute atomic E-state index is 12.9. The molecule has 1 aromatic rings. The van der Waals surface area contributed by atoms with Crippen LogP contribution in [0.4, 0.5) is 4.39 Å². The summed E-state index contributed by atoms with van der Waals surface area (Å²) in [5.74, 6) is -2.36. The fraction of sp³-hybridized carbons (Fsp3) is 0.562. The standard InChI is InChI=1S/C16H22FNO4S/c17-13-9-7-12(8-10-13)11-23(21,22)18-15-6-4-2-1-3-5-14(15)16(19)20/h7-10,14-15,18H,1-6,11H2,(H,19,20)/t14-,15+/m1/s1. The molecule has 5 nitrogen and oxygen atoms in total. The second kappa shape index (κ2) is 7.88. The molecule has 1 saturated carbocycles. The van der Waals surface area contributed by atoms with E-state index < -0.39 is 33.8 Å². The van der Waals surface area contributed by atoms with Crippen LogP contribution in [0.15, 0.2) is 24.3 Å². The van der Waals surface area contributed by atoms with E-state index in [4.69, 9.17) is 0 Å². The largest absolute Gasteiger partial charge is 0.481 e. The molecule has 1 fully saturated rings. The highest BCUT2D eigenvalue weighted by Gasteiger charge is 2.31. The van der Waals surface area contributed by atoms with Gasteiger partial charge in [-0.05, 0) is 30.5 Å². The van der Waals surface area contributed by atoms with E-state index in [0.717, 1.165) is 25.7 Å². The Bertz CT molecular complexity index is 630. The van der Waals surface area contributed by atoms with Gasteiger partial charge in [-0.25, -0.2) is 17.5 Å². The first-order valence-corrected chi connectivity index (χ1v) is 9.50. The van der Waals surface area contributed by atoms with Crippen molar-refractivity contribution in [3.05, 3.63) is 35.6 Å². The van der Waals surface area contributed by atoms with Gasteiger partial charge in [0.25, 0.3) is 0 Å². The van der Waals surface area contributed by atoms with Crippen molar-refractivity contribution in [2.45, 2.75) is 50.3 Å². The number of hydrogen-bond acceptors (Lipinski definition) is 3. The molecule has 23 heavy (non-hydrogen) atoms. The molecule has 0 aromatic heterocycles. The zero-order valence-electron chi connectivity index (χ0n) is 12.9. The van der Waals surface area contributed by atoms with Gasteiger partial charge in [-0.3, -0.25) is 4.79 Å². The van der Waals surface area contributed by atoms with Crippen molar-refractivity contribution in [1.29, 1.82) is 0 Å². The van der Waals surface area contributed by atoms with Crippen LogP contribution in [-0.4, -0.2) is 25.5 Å². The summed E-state index contributed by atoms with van der Waals surface area (Å²) < 4.78 is 40.1. The Balaban J connectivity index is 2.08. The summed E-state index contributed by atoms with van der Waals surface area (Å²) in [6.45, 7) is 0. The van der Waals surface area contributed by atoms with Crippen molar-refractivity contribution in [2.24, 2.45) is 5.92 Å². The van der Waals surface area contributed by atoms with E-state index in [2.05, 4.69) is 4.72 Å². The summed E-state index contributed by atoms with van der Waals surface area (Å²) in [5.41, 5.74) is 0.469.